The van der Waals surface area contributed by atoms with E-state index in [4.69, 9.17) is 16.3 Å². The van der Waals surface area contributed by atoms with E-state index in [9.17, 15) is 5.11 Å². The molecule has 0 amide bonds. The molecule has 2 rings (SSSR count). The van der Waals surface area contributed by atoms with E-state index in [1.165, 1.54) is 6.33 Å². The zero-order valence-corrected chi connectivity index (χ0v) is 11.4. The summed E-state index contributed by atoms with van der Waals surface area (Å²) < 4.78 is 5.24. The molecule has 0 saturated heterocycles. The number of hydrogen-bond donors (Lipinski definition) is 1. The Labute approximate surface area is 112 Å². The molecule has 0 aliphatic heterocycles. The molecule has 5 nitrogen and oxygen atoms in total. The predicted molar refractivity (Wildman–Crippen MR) is 70.3 cm³/mol. The van der Waals surface area contributed by atoms with Crippen molar-refractivity contribution in [3.05, 3.63) is 11.5 Å². The summed E-state index contributed by atoms with van der Waals surface area (Å²) in [6.45, 7) is 0. The predicted octanol–water partition coefficient (Wildman–Crippen LogP) is 1.88. The summed E-state index contributed by atoms with van der Waals surface area (Å²) in [4.78, 5) is 10.1. The number of methoxy groups -OCH3 is 1. The van der Waals surface area contributed by atoms with Crippen LogP contribution in [0.3, 0.4) is 0 Å². The Balaban J connectivity index is 2.27. The van der Waals surface area contributed by atoms with Crippen molar-refractivity contribution in [2.75, 3.05) is 19.1 Å². The van der Waals surface area contributed by atoms with Crippen molar-refractivity contribution in [2.45, 2.75) is 37.8 Å². The van der Waals surface area contributed by atoms with Crippen LogP contribution in [0.4, 0.5) is 5.82 Å². The highest BCUT2D eigenvalue weighted by Crippen LogP contribution is 2.34. The SMILES string of the molecule is COc1c(Cl)ncnc1N(C)C1CCCCC1O. The number of halogens is 1. The molecule has 1 fully saturated rings. The summed E-state index contributed by atoms with van der Waals surface area (Å²) in [5.41, 5.74) is 0. The highest BCUT2D eigenvalue weighted by Gasteiger charge is 2.29. The van der Waals surface area contributed by atoms with E-state index < -0.39 is 0 Å². The van der Waals surface area contributed by atoms with Gasteiger partial charge in [0.1, 0.15) is 6.33 Å². The molecule has 0 radical (unpaired) electrons. The van der Waals surface area contributed by atoms with Gasteiger partial charge in [0.05, 0.1) is 19.3 Å². The molecule has 6 heteroatoms. The van der Waals surface area contributed by atoms with Crippen LogP contribution in [0, 0.1) is 0 Å². The maximum Gasteiger partial charge on any atom is 0.199 e. The lowest BCUT2D eigenvalue weighted by Crippen LogP contribution is -2.44. The van der Waals surface area contributed by atoms with Crippen LogP contribution in [-0.4, -0.2) is 41.4 Å². The van der Waals surface area contributed by atoms with Crippen molar-refractivity contribution >= 4 is 17.4 Å². The third-order valence-corrected chi connectivity index (χ3v) is 3.74. The smallest absolute Gasteiger partial charge is 0.199 e. The Kier molecular flexibility index (Phi) is 4.24. The molecule has 100 valence electrons. The van der Waals surface area contributed by atoms with Crippen molar-refractivity contribution in [1.82, 2.24) is 9.97 Å². The third-order valence-electron chi connectivity index (χ3n) is 3.47. The standard InChI is InChI=1S/C12H18ClN3O2/c1-16(8-5-3-4-6-9(8)17)12-10(18-2)11(13)14-7-15-12/h7-9,17H,3-6H2,1-2H3. The van der Waals surface area contributed by atoms with Crippen LogP contribution in [0.1, 0.15) is 25.7 Å². The van der Waals surface area contributed by atoms with Crippen LogP contribution in [0.25, 0.3) is 0 Å². The van der Waals surface area contributed by atoms with Gasteiger partial charge in [-0.05, 0) is 12.8 Å². The number of aromatic nitrogens is 2. The summed E-state index contributed by atoms with van der Waals surface area (Å²) in [5, 5.41) is 10.4. The van der Waals surface area contributed by atoms with Crippen molar-refractivity contribution in [1.29, 1.82) is 0 Å². The molecule has 1 saturated carbocycles. The fourth-order valence-corrected chi connectivity index (χ4v) is 2.68. The highest BCUT2D eigenvalue weighted by molar-refractivity contribution is 6.31. The molecule has 18 heavy (non-hydrogen) atoms. The second-order valence-electron chi connectivity index (χ2n) is 4.55. The number of ether oxygens (including phenoxy) is 1. The molecule has 1 aromatic heterocycles. The monoisotopic (exact) mass is 271 g/mol. The van der Waals surface area contributed by atoms with Crippen LogP contribution < -0.4 is 9.64 Å². The van der Waals surface area contributed by atoms with Gasteiger partial charge in [0.15, 0.2) is 16.7 Å². The van der Waals surface area contributed by atoms with Crippen LogP contribution in [0.5, 0.6) is 5.75 Å². The topological polar surface area (TPSA) is 58.5 Å². The molecule has 1 aromatic rings. The van der Waals surface area contributed by atoms with E-state index in [1.807, 2.05) is 11.9 Å². The molecule has 2 atom stereocenters. The van der Waals surface area contributed by atoms with Crippen molar-refractivity contribution in [3.63, 3.8) is 0 Å². The van der Waals surface area contributed by atoms with Crippen LogP contribution in [0.2, 0.25) is 5.15 Å². The largest absolute Gasteiger partial charge is 0.490 e. The lowest BCUT2D eigenvalue weighted by Gasteiger charge is -2.36. The minimum Gasteiger partial charge on any atom is -0.490 e. The first-order chi connectivity index (χ1) is 8.65. The molecule has 0 aromatic carbocycles. The molecular weight excluding hydrogens is 254 g/mol. The van der Waals surface area contributed by atoms with E-state index in [-0.39, 0.29) is 12.1 Å². The zero-order chi connectivity index (χ0) is 13.1. The molecule has 2 unspecified atom stereocenters. The number of aliphatic hydroxyl groups excluding tert-OH is 1. The normalized spacial score (nSPS) is 23.8. The molecule has 1 heterocycles. The van der Waals surface area contributed by atoms with Gasteiger partial charge in [-0.25, -0.2) is 9.97 Å². The van der Waals surface area contributed by atoms with Gasteiger partial charge in [0.2, 0.25) is 0 Å². The summed E-state index contributed by atoms with van der Waals surface area (Å²) in [6.07, 6.45) is 5.05. The van der Waals surface area contributed by atoms with E-state index in [0.717, 1.165) is 25.7 Å². The van der Waals surface area contributed by atoms with Crippen LogP contribution >= 0.6 is 11.6 Å². The minimum atomic E-state index is -0.331. The Hall–Kier alpha value is -1.07. The van der Waals surface area contributed by atoms with Crippen LogP contribution in [0.15, 0.2) is 6.33 Å². The van der Waals surface area contributed by atoms with E-state index >= 15 is 0 Å². The number of anilines is 1. The summed E-state index contributed by atoms with van der Waals surface area (Å²) >= 11 is 5.98. The molecule has 1 aliphatic rings. The van der Waals surface area contributed by atoms with Gasteiger partial charge in [0.25, 0.3) is 0 Å². The number of hydrogen-bond acceptors (Lipinski definition) is 5. The van der Waals surface area contributed by atoms with Crippen LogP contribution in [-0.2, 0) is 0 Å². The first-order valence-electron chi connectivity index (χ1n) is 6.10. The van der Waals surface area contributed by atoms with Gasteiger partial charge in [-0.3, -0.25) is 0 Å². The second-order valence-corrected chi connectivity index (χ2v) is 4.91. The molecule has 1 aliphatic carbocycles. The molecule has 1 N–H and O–H groups in total. The van der Waals surface area contributed by atoms with Gasteiger partial charge in [-0.1, -0.05) is 24.4 Å². The Morgan fingerprint density at radius 1 is 1.39 bits per heavy atom. The second kappa shape index (κ2) is 5.71. The average Bonchev–Trinajstić information content (AvgIpc) is 2.38. The van der Waals surface area contributed by atoms with E-state index in [0.29, 0.717) is 16.7 Å². The quantitative estimate of drug-likeness (QED) is 0.851. The van der Waals surface area contributed by atoms with Crippen molar-refractivity contribution in [3.8, 4) is 5.75 Å². The van der Waals surface area contributed by atoms with Crippen molar-refractivity contribution < 1.29 is 9.84 Å². The lowest BCUT2D eigenvalue weighted by atomic mass is 9.91. The third kappa shape index (κ3) is 2.52. The molecule has 0 bridgehead atoms. The number of likely N-dealkylation sites (N-methyl/N-ethyl adjacent to an activating group) is 1. The first kappa shape index (κ1) is 13.4. The van der Waals surface area contributed by atoms with Gasteiger partial charge >= 0.3 is 0 Å². The van der Waals surface area contributed by atoms with Crippen molar-refractivity contribution in [2.24, 2.45) is 0 Å². The Morgan fingerprint density at radius 3 is 2.78 bits per heavy atom. The number of aliphatic hydroxyl groups is 1. The van der Waals surface area contributed by atoms with Gasteiger partial charge < -0.3 is 14.7 Å². The molecular formula is C12H18ClN3O2. The lowest BCUT2D eigenvalue weighted by molar-refractivity contribution is 0.105. The summed E-state index contributed by atoms with van der Waals surface area (Å²) in [5.74, 6) is 1.09. The highest BCUT2D eigenvalue weighted by atomic mass is 35.5. The maximum atomic E-state index is 10.1. The minimum absolute atomic E-state index is 0.0543. The average molecular weight is 272 g/mol. The zero-order valence-electron chi connectivity index (χ0n) is 10.6. The maximum absolute atomic E-state index is 10.1. The van der Waals surface area contributed by atoms with Gasteiger partial charge in [-0.15, -0.1) is 0 Å². The Bertz CT molecular complexity index is 416. The fraction of sp³-hybridized carbons (Fsp3) is 0.667. The number of nitrogens with zero attached hydrogens (tertiary/aromatic N) is 3. The number of rotatable bonds is 3. The first-order valence-corrected chi connectivity index (χ1v) is 6.48. The van der Waals surface area contributed by atoms with Gasteiger partial charge in [0, 0.05) is 7.05 Å². The summed E-state index contributed by atoms with van der Waals surface area (Å²) in [7, 11) is 3.44. The Morgan fingerprint density at radius 2 is 2.11 bits per heavy atom. The van der Waals surface area contributed by atoms with Gasteiger partial charge in [-0.2, -0.15) is 0 Å². The molecule has 0 spiro atoms. The van der Waals surface area contributed by atoms with E-state index in [1.54, 1.807) is 7.11 Å². The summed E-state index contributed by atoms with van der Waals surface area (Å²) in [6, 6.07) is 0.0543. The van der Waals surface area contributed by atoms with E-state index in [2.05, 4.69) is 9.97 Å². The fourth-order valence-electron chi connectivity index (χ4n) is 2.47.